The fraction of sp³-hybridized carbons (Fsp3) is 0.0833. The van der Waals surface area contributed by atoms with Crippen LogP contribution in [0, 0.1) is 6.57 Å². The molecule has 4 aromatic rings. The van der Waals surface area contributed by atoms with E-state index < -0.39 is 0 Å². The number of aromatic amines is 1. The van der Waals surface area contributed by atoms with Gasteiger partial charge in [-0.3, -0.25) is 0 Å². The van der Waals surface area contributed by atoms with Gasteiger partial charge in [0.2, 0.25) is 0 Å². The van der Waals surface area contributed by atoms with Crippen molar-refractivity contribution in [1.29, 1.82) is 0 Å². The van der Waals surface area contributed by atoms with Crippen LogP contribution in [0.2, 0.25) is 10.0 Å². The summed E-state index contributed by atoms with van der Waals surface area (Å²) in [5.41, 5.74) is 3.99. The number of nitrogens with one attached hydrogen (secondary N) is 1. The molecule has 31 heavy (non-hydrogen) atoms. The molecule has 4 rings (SSSR count). The summed E-state index contributed by atoms with van der Waals surface area (Å²) >= 11 is 12.1. The van der Waals surface area contributed by atoms with E-state index in [0.29, 0.717) is 39.7 Å². The Morgan fingerprint density at radius 3 is 2.52 bits per heavy atom. The quantitative estimate of drug-likeness (QED) is 0.317. The van der Waals surface area contributed by atoms with Gasteiger partial charge in [-0.25, -0.2) is 9.83 Å². The molecule has 0 aliphatic carbocycles. The molecule has 0 bridgehead atoms. The molecule has 154 valence electrons. The van der Waals surface area contributed by atoms with Crippen LogP contribution >= 0.6 is 23.2 Å². The average Bonchev–Trinajstić information content (AvgIpc) is 3.29. The standard InChI is InChI=1S/C24H17Cl2N3O2/c1-27-17-6-3-15(4-7-17)14-31-18-8-9-19(23(12-18)30-2)22-13-28-24(29-22)16-5-10-20(25)21(26)11-16/h3-13H,14H2,2H3,(H,28,29). The lowest BCUT2D eigenvalue weighted by Crippen LogP contribution is -1.96. The number of hydrogen-bond acceptors (Lipinski definition) is 3. The number of nitrogens with zero attached hydrogens (tertiary/aromatic N) is 2. The Labute approximate surface area is 190 Å². The lowest BCUT2D eigenvalue weighted by molar-refractivity contribution is 0.304. The van der Waals surface area contributed by atoms with Crippen LogP contribution in [0.1, 0.15) is 5.56 Å². The van der Waals surface area contributed by atoms with Crippen LogP contribution < -0.4 is 9.47 Å². The maximum absolute atomic E-state index is 7.02. The molecule has 0 aliphatic rings. The average molecular weight is 450 g/mol. The molecule has 1 N–H and O–H groups in total. The number of rotatable bonds is 6. The molecule has 0 spiro atoms. The molecule has 1 aromatic heterocycles. The maximum atomic E-state index is 7.02. The van der Waals surface area contributed by atoms with E-state index in [1.807, 2.05) is 42.6 Å². The Morgan fingerprint density at radius 1 is 1.00 bits per heavy atom. The highest BCUT2D eigenvalue weighted by molar-refractivity contribution is 6.42. The van der Waals surface area contributed by atoms with Gasteiger partial charge in [-0.05, 0) is 35.9 Å². The number of H-pyrrole nitrogens is 1. The molecule has 0 aliphatic heterocycles. The first kappa shape index (κ1) is 20.8. The van der Waals surface area contributed by atoms with Crippen molar-refractivity contribution in [2.24, 2.45) is 0 Å². The van der Waals surface area contributed by atoms with Crippen molar-refractivity contribution in [3.05, 3.63) is 93.9 Å². The number of halogens is 2. The third kappa shape index (κ3) is 4.66. The first-order chi connectivity index (χ1) is 15.1. The van der Waals surface area contributed by atoms with Crippen molar-refractivity contribution < 1.29 is 9.47 Å². The number of hydrogen-bond donors (Lipinski definition) is 1. The molecule has 0 atom stereocenters. The molecule has 5 nitrogen and oxygen atoms in total. The van der Waals surface area contributed by atoms with Gasteiger partial charge in [0, 0.05) is 23.4 Å². The molecule has 0 unspecified atom stereocenters. The smallest absolute Gasteiger partial charge is 0.187 e. The fourth-order valence-corrected chi connectivity index (χ4v) is 3.36. The minimum absolute atomic E-state index is 0.394. The van der Waals surface area contributed by atoms with Gasteiger partial charge in [0.25, 0.3) is 0 Å². The molecule has 1 heterocycles. The van der Waals surface area contributed by atoms with E-state index in [-0.39, 0.29) is 0 Å². The lowest BCUT2D eigenvalue weighted by atomic mass is 10.1. The van der Waals surface area contributed by atoms with Gasteiger partial charge < -0.3 is 14.5 Å². The van der Waals surface area contributed by atoms with Crippen LogP contribution in [0.3, 0.4) is 0 Å². The molecule has 7 heteroatoms. The van der Waals surface area contributed by atoms with Gasteiger partial charge in [0.1, 0.15) is 23.9 Å². The minimum atomic E-state index is 0.394. The van der Waals surface area contributed by atoms with E-state index >= 15 is 0 Å². The summed E-state index contributed by atoms with van der Waals surface area (Å²) < 4.78 is 11.5. The molecule has 0 saturated heterocycles. The number of benzene rings is 3. The Balaban J connectivity index is 1.53. The van der Waals surface area contributed by atoms with Crippen LogP contribution in [-0.2, 0) is 6.61 Å². The monoisotopic (exact) mass is 449 g/mol. The summed E-state index contributed by atoms with van der Waals surface area (Å²) in [7, 11) is 1.61. The number of ether oxygens (including phenoxy) is 2. The van der Waals surface area contributed by atoms with Crippen molar-refractivity contribution in [3.63, 3.8) is 0 Å². The van der Waals surface area contributed by atoms with Crippen molar-refractivity contribution in [1.82, 2.24) is 9.97 Å². The number of imidazole rings is 1. The third-order valence-corrected chi connectivity index (χ3v) is 5.43. The number of aromatic nitrogens is 2. The second-order valence-corrected chi connectivity index (χ2v) is 7.51. The summed E-state index contributed by atoms with van der Waals surface area (Å²) in [5.74, 6) is 2.00. The second kappa shape index (κ2) is 9.13. The van der Waals surface area contributed by atoms with Gasteiger partial charge in [0.15, 0.2) is 5.69 Å². The molecule has 0 amide bonds. The Kier molecular flexibility index (Phi) is 6.13. The Hall–Kier alpha value is -3.46. The van der Waals surface area contributed by atoms with Crippen molar-refractivity contribution in [2.75, 3.05) is 7.11 Å². The molecule has 0 radical (unpaired) electrons. The van der Waals surface area contributed by atoms with E-state index in [0.717, 1.165) is 22.4 Å². The summed E-state index contributed by atoms with van der Waals surface area (Å²) in [6.07, 6.45) is 1.81. The van der Waals surface area contributed by atoms with Gasteiger partial charge in [0.05, 0.1) is 29.4 Å². The normalized spacial score (nSPS) is 10.5. The van der Waals surface area contributed by atoms with Crippen molar-refractivity contribution >= 4 is 28.9 Å². The van der Waals surface area contributed by atoms with Crippen molar-refractivity contribution in [2.45, 2.75) is 6.61 Å². The van der Waals surface area contributed by atoms with Crippen LogP contribution in [0.25, 0.3) is 27.5 Å². The van der Waals surface area contributed by atoms with Gasteiger partial charge >= 0.3 is 0 Å². The summed E-state index contributed by atoms with van der Waals surface area (Å²) in [5, 5.41) is 0.969. The predicted octanol–water partition coefficient (Wildman–Crippen LogP) is 7.19. The van der Waals surface area contributed by atoms with Gasteiger partial charge in [-0.15, -0.1) is 0 Å². The molecular formula is C24H17Cl2N3O2. The summed E-state index contributed by atoms with van der Waals surface area (Å²) in [6.45, 7) is 7.41. The first-order valence-corrected chi connectivity index (χ1v) is 10.1. The van der Waals surface area contributed by atoms with Gasteiger partial charge in [-0.1, -0.05) is 47.5 Å². The SMILES string of the molecule is [C-]#[N+]c1ccc(COc2ccc(-c3c[nH]c(-c4ccc(Cl)c(Cl)c4)n3)c(OC)c2)cc1. The molecular weight excluding hydrogens is 433 g/mol. The maximum Gasteiger partial charge on any atom is 0.187 e. The topological polar surface area (TPSA) is 51.5 Å². The largest absolute Gasteiger partial charge is 0.496 e. The first-order valence-electron chi connectivity index (χ1n) is 9.36. The fourth-order valence-electron chi connectivity index (χ4n) is 3.06. The Bertz CT molecular complexity index is 1260. The van der Waals surface area contributed by atoms with Crippen LogP contribution in [0.5, 0.6) is 11.5 Å². The zero-order valence-corrected chi connectivity index (χ0v) is 18.0. The highest BCUT2D eigenvalue weighted by Gasteiger charge is 2.13. The molecule has 0 saturated carbocycles. The summed E-state index contributed by atoms with van der Waals surface area (Å²) in [4.78, 5) is 11.2. The minimum Gasteiger partial charge on any atom is -0.496 e. The summed E-state index contributed by atoms with van der Waals surface area (Å²) in [6, 6.07) is 18.3. The van der Waals surface area contributed by atoms with E-state index in [9.17, 15) is 0 Å². The zero-order chi connectivity index (χ0) is 21.8. The zero-order valence-electron chi connectivity index (χ0n) is 16.5. The third-order valence-electron chi connectivity index (χ3n) is 4.69. The van der Waals surface area contributed by atoms with Gasteiger partial charge in [-0.2, -0.15) is 0 Å². The Morgan fingerprint density at radius 2 is 1.81 bits per heavy atom. The number of methoxy groups -OCH3 is 1. The molecule has 3 aromatic carbocycles. The highest BCUT2D eigenvalue weighted by atomic mass is 35.5. The van der Waals surface area contributed by atoms with E-state index in [1.54, 1.807) is 31.4 Å². The van der Waals surface area contributed by atoms with Crippen molar-refractivity contribution in [3.8, 4) is 34.1 Å². The van der Waals surface area contributed by atoms with E-state index in [2.05, 4.69) is 14.8 Å². The van der Waals surface area contributed by atoms with E-state index in [4.69, 9.17) is 39.2 Å². The molecule has 0 fully saturated rings. The van der Waals surface area contributed by atoms with Crippen LogP contribution in [0.4, 0.5) is 5.69 Å². The van der Waals surface area contributed by atoms with Crippen LogP contribution in [-0.4, -0.2) is 17.1 Å². The lowest BCUT2D eigenvalue weighted by Gasteiger charge is -2.11. The second-order valence-electron chi connectivity index (χ2n) is 6.69. The van der Waals surface area contributed by atoms with Crippen LogP contribution in [0.15, 0.2) is 66.9 Å². The highest BCUT2D eigenvalue weighted by Crippen LogP contribution is 2.34. The predicted molar refractivity (Wildman–Crippen MR) is 123 cm³/mol. The van der Waals surface area contributed by atoms with E-state index in [1.165, 1.54) is 0 Å².